The van der Waals surface area contributed by atoms with E-state index in [0.717, 1.165) is 44.2 Å². The molecule has 3 rings (SSSR count). The number of rotatable bonds is 9. The Labute approximate surface area is 158 Å². The van der Waals surface area contributed by atoms with Crippen LogP contribution in [-0.4, -0.2) is 73.1 Å². The van der Waals surface area contributed by atoms with Gasteiger partial charge in [0, 0.05) is 26.1 Å². The number of urea groups is 1. The highest BCUT2D eigenvalue weighted by Gasteiger charge is 2.38. The van der Waals surface area contributed by atoms with Crippen LogP contribution in [0, 0.1) is 0 Å². The largest absolute Gasteiger partial charge is 0.467 e. The van der Waals surface area contributed by atoms with E-state index in [1.807, 2.05) is 0 Å². The van der Waals surface area contributed by atoms with Crippen LogP contribution >= 0.6 is 0 Å². The van der Waals surface area contributed by atoms with Gasteiger partial charge in [-0.3, -0.25) is 19.4 Å². The Balaban J connectivity index is 1.32. The lowest BCUT2D eigenvalue weighted by atomic mass is 10.1. The van der Waals surface area contributed by atoms with Gasteiger partial charge in [-0.2, -0.15) is 0 Å². The van der Waals surface area contributed by atoms with E-state index in [-0.39, 0.29) is 31.2 Å². The molecule has 0 saturated carbocycles. The summed E-state index contributed by atoms with van der Waals surface area (Å²) in [5, 5.41) is 5.50. The maximum atomic E-state index is 12.3. The van der Waals surface area contributed by atoms with E-state index in [2.05, 4.69) is 15.5 Å². The lowest BCUT2D eigenvalue weighted by Gasteiger charge is -2.26. The number of nitrogens with zero attached hydrogens (tertiary/aromatic N) is 2. The quantitative estimate of drug-likeness (QED) is 0.474. The molecule has 1 aromatic rings. The predicted molar refractivity (Wildman–Crippen MR) is 95.7 cm³/mol. The second-order valence-electron chi connectivity index (χ2n) is 6.70. The Morgan fingerprint density at radius 1 is 1.30 bits per heavy atom. The number of ether oxygens (including phenoxy) is 1. The molecule has 0 aliphatic carbocycles. The van der Waals surface area contributed by atoms with Crippen LogP contribution in [-0.2, 0) is 20.9 Å². The van der Waals surface area contributed by atoms with E-state index in [1.165, 1.54) is 6.26 Å². The van der Waals surface area contributed by atoms with Gasteiger partial charge in [-0.15, -0.1) is 0 Å². The zero-order valence-corrected chi connectivity index (χ0v) is 15.3. The van der Waals surface area contributed by atoms with Gasteiger partial charge in [-0.05, 0) is 31.5 Å². The number of nitrogens with one attached hydrogen (secondary N) is 2. The molecule has 9 nitrogen and oxygen atoms in total. The summed E-state index contributed by atoms with van der Waals surface area (Å²) in [7, 11) is 0. The first kappa shape index (κ1) is 19.4. The molecule has 3 heterocycles. The third kappa shape index (κ3) is 5.54. The molecule has 2 aliphatic heterocycles. The molecule has 2 aliphatic rings. The predicted octanol–water partition coefficient (Wildman–Crippen LogP) is 0.319. The molecule has 0 radical (unpaired) electrons. The second-order valence-corrected chi connectivity index (χ2v) is 6.70. The molecular formula is C18H26N4O5. The minimum Gasteiger partial charge on any atom is -0.467 e. The molecule has 2 N–H and O–H groups in total. The fourth-order valence-electron chi connectivity index (χ4n) is 3.20. The van der Waals surface area contributed by atoms with Crippen molar-refractivity contribution in [1.29, 1.82) is 0 Å². The van der Waals surface area contributed by atoms with Gasteiger partial charge < -0.3 is 19.8 Å². The molecule has 2 fully saturated rings. The number of amides is 4. The average Bonchev–Trinajstić information content (AvgIpc) is 3.28. The van der Waals surface area contributed by atoms with E-state index in [0.29, 0.717) is 12.3 Å². The summed E-state index contributed by atoms with van der Waals surface area (Å²) in [6.45, 7) is 5.04. The van der Waals surface area contributed by atoms with Crippen LogP contribution < -0.4 is 10.6 Å². The topological polar surface area (TPSA) is 104 Å². The number of carbonyl (C=O) groups excluding carboxylic acids is 3. The average molecular weight is 378 g/mol. The van der Waals surface area contributed by atoms with Crippen LogP contribution in [0.1, 0.15) is 25.0 Å². The Kier molecular flexibility index (Phi) is 6.83. The summed E-state index contributed by atoms with van der Waals surface area (Å²) in [6, 6.07) is 2.30. The van der Waals surface area contributed by atoms with Gasteiger partial charge >= 0.3 is 6.03 Å². The zero-order chi connectivity index (χ0) is 19.1. The first-order valence-electron chi connectivity index (χ1n) is 9.34. The first-order chi connectivity index (χ1) is 13.1. The Bertz CT molecular complexity index is 642. The van der Waals surface area contributed by atoms with Gasteiger partial charge in [0.15, 0.2) is 0 Å². The molecular weight excluding hydrogens is 352 g/mol. The first-order valence-corrected chi connectivity index (χ1v) is 9.34. The fraction of sp³-hybridized carbons (Fsp3) is 0.611. The summed E-state index contributed by atoms with van der Waals surface area (Å²) in [4.78, 5) is 39.7. The lowest BCUT2D eigenvalue weighted by Crippen LogP contribution is -2.38. The van der Waals surface area contributed by atoms with Crippen LogP contribution in [0.25, 0.3) is 0 Å². The lowest BCUT2D eigenvalue weighted by molar-refractivity contribution is -0.128. The molecule has 0 spiro atoms. The highest BCUT2D eigenvalue weighted by atomic mass is 16.5. The van der Waals surface area contributed by atoms with Crippen molar-refractivity contribution in [2.24, 2.45) is 0 Å². The minimum atomic E-state index is -0.661. The maximum Gasteiger partial charge on any atom is 0.325 e. The van der Waals surface area contributed by atoms with Gasteiger partial charge in [0.1, 0.15) is 11.8 Å². The molecule has 0 aromatic carbocycles. The molecule has 0 unspecified atom stereocenters. The molecule has 1 aromatic heterocycles. The number of furan rings is 1. The van der Waals surface area contributed by atoms with Gasteiger partial charge in [-0.1, -0.05) is 0 Å². The normalized spacial score (nSPS) is 20.7. The van der Waals surface area contributed by atoms with Crippen molar-refractivity contribution in [3.05, 3.63) is 24.2 Å². The monoisotopic (exact) mass is 378 g/mol. The summed E-state index contributed by atoms with van der Waals surface area (Å²) in [5.74, 6) is 0.109. The fourth-order valence-corrected chi connectivity index (χ4v) is 3.20. The van der Waals surface area contributed by atoms with Crippen molar-refractivity contribution >= 4 is 17.8 Å². The third-order valence-electron chi connectivity index (χ3n) is 4.74. The molecule has 9 heteroatoms. The Hall–Kier alpha value is -2.39. The van der Waals surface area contributed by atoms with Gasteiger partial charge in [0.2, 0.25) is 5.91 Å². The summed E-state index contributed by atoms with van der Waals surface area (Å²) >= 11 is 0. The Morgan fingerprint density at radius 3 is 2.85 bits per heavy atom. The van der Waals surface area contributed by atoms with Crippen molar-refractivity contribution in [2.75, 3.05) is 39.4 Å². The van der Waals surface area contributed by atoms with Gasteiger partial charge in [0.25, 0.3) is 5.91 Å². The summed E-state index contributed by atoms with van der Waals surface area (Å²) < 4.78 is 10.5. The van der Waals surface area contributed by atoms with E-state index < -0.39 is 12.1 Å². The van der Waals surface area contributed by atoms with Crippen LogP contribution in [0.3, 0.4) is 0 Å². The SMILES string of the molecule is O=C(CC[C@H]1NC(=O)N(Cc2ccco2)C1=O)NCCCN1CCOCC1. The zero-order valence-electron chi connectivity index (χ0n) is 15.3. The van der Waals surface area contributed by atoms with E-state index >= 15 is 0 Å². The number of carbonyl (C=O) groups is 3. The van der Waals surface area contributed by atoms with Crippen molar-refractivity contribution in [3.8, 4) is 0 Å². The molecule has 148 valence electrons. The highest BCUT2D eigenvalue weighted by molar-refractivity contribution is 6.04. The molecule has 0 bridgehead atoms. The number of imide groups is 1. The number of hydrogen-bond donors (Lipinski definition) is 2. The van der Waals surface area contributed by atoms with Gasteiger partial charge in [0.05, 0.1) is 26.0 Å². The number of morpholine rings is 1. The molecule has 2 saturated heterocycles. The standard InChI is InChI=1S/C18H26N4O5/c23-16(19-6-2-7-21-8-11-26-12-9-21)5-4-15-17(24)22(18(25)20-15)13-14-3-1-10-27-14/h1,3,10,15H,2,4-9,11-13H2,(H,19,23)(H,20,25)/t15-/m1/s1. The van der Waals surface area contributed by atoms with E-state index in [9.17, 15) is 14.4 Å². The highest BCUT2D eigenvalue weighted by Crippen LogP contribution is 2.15. The van der Waals surface area contributed by atoms with Crippen LogP contribution in [0.2, 0.25) is 0 Å². The molecule has 4 amide bonds. The van der Waals surface area contributed by atoms with Crippen molar-refractivity contribution in [1.82, 2.24) is 20.4 Å². The van der Waals surface area contributed by atoms with Crippen LogP contribution in [0.4, 0.5) is 4.79 Å². The van der Waals surface area contributed by atoms with Crippen molar-refractivity contribution in [3.63, 3.8) is 0 Å². The van der Waals surface area contributed by atoms with E-state index in [1.54, 1.807) is 12.1 Å². The van der Waals surface area contributed by atoms with Crippen molar-refractivity contribution in [2.45, 2.75) is 31.8 Å². The van der Waals surface area contributed by atoms with Crippen LogP contribution in [0.15, 0.2) is 22.8 Å². The number of hydrogen-bond acceptors (Lipinski definition) is 6. The summed E-state index contributed by atoms with van der Waals surface area (Å²) in [6.07, 6.45) is 2.85. The third-order valence-corrected chi connectivity index (χ3v) is 4.74. The van der Waals surface area contributed by atoms with Crippen LogP contribution in [0.5, 0.6) is 0 Å². The second kappa shape index (κ2) is 9.52. The molecule has 27 heavy (non-hydrogen) atoms. The van der Waals surface area contributed by atoms with Crippen molar-refractivity contribution < 1.29 is 23.5 Å². The Morgan fingerprint density at radius 2 is 2.11 bits per heavy atom. The summed E-state index contributed by atoms with van der Waals surface area (Å²) in [5.41, 5.74) is 0. The van der Waals surface area contributed by atoms with E-state index in [4.69, 9.17) is 9.15 Å². The minimum absolute atomic E-state index is 0.0991. The smallest absolute Gasteiger partial charge is 0.325 e. The maximum absolute atomic E-state index is 12.3. The molecule has 1 atom stereocenters. The van der Waals surface area contributed by atoms with Gasteiger partial charge in [-0.25, -0.2) is 4.79 Å².